The third kappa shape index (κ3) is 15.7. The summed E-state index contributed by atoms with van der Waals surface area (Å²) in [5.41, 5.74) is 5.14. The quantitative estimate of drug-likeness (QED) is 0.258. The second-order valence-electron chi connectivity index (χ2n) is 6.87. The molecule has 0 fully saturated rings. The molecule has 1 rings (SSSR count). The van der Waals surface area contributed by atoms with Crippen molar-refractivity contribution in [2.45, 2.75) is 82.6 Å². The SMILES string of the molecule is C=C(C)/C=C/c1cccc(C(=O)N/N=C/C[C@H](C)C(C)C(C)C)c1.CC.CC.CC. The number of carbonyl (C=O) groups is 1. The van der Waals surface area contributed by atoms with Crippen molar-refractivity contribution in [2.75, 3.05) is 0 Å². The van der Waals surface area contributed by atoms with E-state index in [4.69, 9.17) is 0 Å². The summed E-state index contributed by atoms with van der Waals surface area (Å²) >= 11 is 0. The average Bonchev–Trinajstić information content (AvgIpc) is 2.78. The van der Waals surface area contributed by atoms with E-state index < -0.39 is 0 Å². The zero-order valence-corrected chi connectivity index (χ0v) is 21.5. The number of hydrogen-bond donors (Lipinski definition) is 1. The fourth-order valence-electron chi connectivity index (χ4n) is 2.28. The van der Waals surface area contributed by atoms with Crippen molar-refractivity contribution < 1.29 is 4.79 Å². The summed E-state index contributed by atoms with van der Waals surface area (Å²) in [6, 6.07) is 7.44. The molecule has 0 radical (unpaired) electrons. The monoisotopic (exact) mass is 416 g/mol. The Morgan fingerprint density at radius 3 is 2.13 bits per heavy atom. The minimum atomic E-state index is -0.193. The maximum absolute atomic E-state index is 12.2. The van der Waals surface area contributed by atoms with E-state index in [0.29, 0.717) is 23.3 Å². The highest BCUT2D eigenvalue weighted by molar-refractivity contribution is 5.94. The fraction of sp³-hybridized carbons (Fsp3) is 0.556. The lowest BCUT2D eigenvalue weighted by atomic mass is 9.85. The number of carbonyl (C=O) groups excluding carboxylic acids is 1. The molecule has 1 unspecified atom stereocenters. The maximum atomic E-state index is 12.2. The molecule has 0 aromatic heterocycles. The first-order chi connectivity index (χ1) is 14.3. The fourth-order valence-corrected chi connectivity index (χ4v) is 2.28. The van der Waals surface area contributed by atoms with Gasteiger partial charge in [0.25, 0.3) is 5.91 Å². The van der Waals surface area contributed by atoms with Gasteiger partial charge in [0, 0.05) is 11.8 Å². The third-order valence-corrected chi connectivity index (χ3v) is 4.39. The molecule has 3 nitrogen and oxygen atoms in total. The van der Waals surface area contributed by atoms with E-state index in [1.807, 2.05) is 78.8 Å². The number of nitrogens with zero attached hydrogens (tertiary/aromatic N) is 1. The topological polar surface area (TPSA) is 41.5 Å². The lowest BCUT2D eigenvalue weighted by Gasteiger charge is -2.21. The molecule has 0 spiro atoms. The predicted molar refractivity (Wildman–Crippen MR) is 138 cm³/mol. The van der Waals surface area contributed by atoms with E-state index >= 15 is 0 Å². The molecule has 0 aliphatic heterocycles. The van der Waals surface area contributed by atoms with Crippen molar-refractivity contribution in [2.24, 2.45) is 22.9 Å². The summed E-state index contributed by atoms with van der Waals surface area (Å²) in [7, 11) is 0. The molecule has 0 aliphatic rings. The summed E-state index contributed by atoms with van der Waals surface area (Å²) in [6.07, 6.45) is 6.52. The van der Waals surface area contributed by atoms with Crippen LogP contribution in [0.25, 0.3) is 6.08 Å². The highest BCUT2D eigenvalue weighted by atomic mass is 16.2. The Morgan fingerprint density at radius 1 is 1.07 bits per heavy atom. The van der Waals surface area contributed by atoms with Gasteiger partial charge in [-0.25, -0.2) is 5.43 Å². The molecule has 0 saturated heterocycles. The molecular formula is C27H48N2O. The first-order valence-corrected chi connectivity index (χ1v) is 11.6. The zero-order chi connectivity index (χ0) is 24.1. The van der Waals surface area contributed by atoms with Crippen LogP contribution in [0.1, 0.15) is 98.5 Å². The minimum Gasteiger partial charge on any atom is -0.267 e. The largest absolute Gasteiger partial charge is 0.271 e. The van der Waals surface area contributed by atoms with E-state index in [9.17, 15) is 4.79 Å². The first kappa shape index (κ1) is 32.5. The van der Waals surface area contributed by atoms with Gasteiger partial charge in [0.1, 0.15) is 0 Å². The van der Waals surface area contributed by atoms with E-state index in [1.165, 1.54) is 0 Å². The second-order valence-corrected chi connectivity index (χ2v) is 6.87. The number of rotatable bonds is 8. The van der Waals surface area contributed by atoms with Gasteiger partial charge in [0.2, 0.25) is 0 Å². The van der Waals surface area contributed by atoms with Gasteiger partial charge in [-0.3, -0.25) is 4.79 Å². The molecule has 172 valence electrons. The van der Waals surface area contributed by atoms with Crippen molar-refractivity contribution >= 4 is 18.2 Å². The van der Waals surface area contributed by atoms with Crippen LogP contribution in [0, 0.1) is 17.8 Å². The first-order valence-electron chi connectivity index (χ1n) is 11.6. The molecular weight excluding hydrogens is 368 g/mol. The van der Waals surface area contributed by atoms with E-state index in [0.717, 1.165) is 17.6 Å². The minimum absolute atomic E-state index is 0.193. The van der Waals surface area contributed by atoms with Crippen LogP contribution in [-0.4, -0.2) is 12.1 Å². The van der Waals surface area contributed by atoms with Crippen LogP contribution in [0.3, 0.4) is 0 Å². The highest BCUT2D eigenvalue weighted by Gasteiger charge is 2.14. The molecule has 0 saturated carbocycles. The summed E-state index contributed by atoms with van der Waals surface area (Å²) in [5.74, 6) is 1.63. The van der Waals surface area contributed by atoms with Crippen LogP contribution in [0.5, 0.6) is 0 Å². The second kappa shape index (κ2) is 21.5. The highest BCUT2D eigenvalue weighted by Crippen LogP contribution is 2.21. The van der Waals surface area contributed by atoms with E-state index in [2.05, 4.69) is 44.8 Å². The summed E-state index contributed by atoms with van der Waals surface area (Å²) < 4.78 is 0. The third-order valence-electron chi connectivity index (χ3n) is 4.39. The van der Waals surface area contributed by atoms with Crippen LogP contribution in [0.15, 0.2) is 47.6 Å². The van der Waals surface area contributed by atoms with Crippen LogP contribution in [-0.2, 0) is 0 Å². The number of nitrogens with one attached hydrogen (secondary N) is 1. The Bertz CT molecular complexity index is 615. The van der Waals surface area contributed by atoms with Gasteiger partial charge in [0.15, 0.2) is 0 Å². The molecule has 1 aromatic rings. The predicted octanol–water partition coefficient (Wildman–Crippen LogP) is 8.39. The normalized spacial score (nSPS) is 12.0. The van der Waals surface area contributed by atoms with Gasteiger partial charge < -0.3 is 0 Å². The van der Waals surface area contributed by atoms with E-state index in [1.54, 1.807) is 12.3 Å². The van der Waals surface area contributed by atoms with Gasteiger partial charge in [-0.15, -0.1) is 0 Å². The van der Waals surface area contributed by atoms with Crippen LogP contribution >= 0.6 is 0 Å². The Kier molecular flexibility index (Phi) is 23.3. The number of hydrazone groups is 1. The standard InChI is InChI=1S/C21H30N2O.3C2H6/c1-15(2)10-11-19-8-7-9-20(14-19)21(24)23-22-13-12-17(5)18(6)16(3)4;3*1-2/h7-11,13-14,16-18H,1,12H2,2-6H3,(H,23,24);3*1-2H3/b11-10+,22-13+;;;/t17-,18?;;;/m0.../s1. The van der Waals surface area contributed by atoms with Crippen molar-refractivity contribution in [3.63, 3.8) is 0 Å². The maximum Gasteiger partial charge on any atom is 0.271 e. The molecule has 1 amide bonds. The van der Waals surface area contributed by atoms with Crippen molar-refractivity contribution in [1.82, 2.24) is 5.43 Å². The lowest BCUT2D eigenvalue weighted by molar-refractivity contribution is 0.0955. The molecule has 0 bridgehead atoms. The molecule has 0 heterocycles. The Morgan fingerprint density at radius 2 is 1.63 bits per heavy atom. The number of allylic oxidation sites excluding steroid dienone is 2. The molecule has 0 aliphatic carbocycles. The van der Waals surface area contributed by atoms with Crippen molar-refractivity contribution in [1.29, 1.82) is 0 Å². The number of benzene rings is 1. The Labute approximate surface area is 187 Å². The summed E-state index contributed by atoms with van der Waals surface area (Å²) in [5, 5.41) is 4.08. The van der Waals surface area contributed by atoms with Gasteiger partial charge >= 0.3 is 0 Å². The molecule has 2 atom stereocenters. The van der Waals surface area contributed by atoms with Gasteiger partial charge in [0.05, 0.1) is 0 Å². The Hall–Kier alpha value is -2.16. The van der Waals surface area contributed by atoms with Crippen LogP contribution < -0.4 is 5.43 Å². The van der Waals surface area contributed by atoms with Gasteiger partial charge in [-0.05, 0) is 48.8 Å². The molecule has 30 heavy (non-hydrogen) atoms. The molecule has 3 heteroatoms. The van der Waals surface area contributed by atoms with Gasteiger partial charge in [-0.2, -0.15) is 5.10 Å². The Balaban J connectivity index is -0.00000111. The van der Waals surface area contributed by atoms with Gasteiger partial charge in [-0.1, -0.05) is 106 Å². The lowest BCUT2D eigenvalue weighted by Crippen LogP contribution is -2.19. The van der Waals surface area contributed by atoms with E-state index in [-0.39, 0.29) is 5.91 Å². The average molecular weight is 417 g/mol. The number of hydrogen-bond acceptors (Lipinski definition) is 2. The summed E-state index contributed by atoms with van der Waals surface area (Å²) in [4.78, 5) is 12.2. The molecule has 1 aromatic carbocycles. The van der Waals surface area contributed by atoms with Crippen LogP contribution in [0.4, 0.5) is 0 Å². The van der Waals surface area contributed by atoms with Crippen molar-refractivity contribution in [3.05, 3.63) is 53.6 Å². The zero-order valence-electron chi connectivity index (χ0n) is 21.5. The van der Waals surface area contributed by atoms with Crippen molar-refractivity contribution in [3.8, 4) is 0 Å². The van der Waals surface area contributed by atoms with Crippen LogP contribution in [0.2, 0.25) is 0 Å². The molecule has 1 N–H and O–H groups in total. The number of amides is 1. The smallest absolute Gasteiger partial charge is 0.267 e. The summed E-state index contributed by atoms with van der Waals surface area (Å²) in [6.45, 7) is 26.7.